The molecular formula is C31H36Cl3N3O7S. The summed E-state index contributed by atoms with van der Waals surface area (Å²) in [5, 5.41) is 3.74. The normalized spacial score (nSPS) is 12.2. The summed E-state index contributed by atoms with van der Waals surface area (Å²) in [4.78, 5) is 28.6. The number of amides is 2. The number of sulfonamides is 1. The van der Waals surface area contributed by atoms with E-state index in [1.54, 1.807) is 19.1 Å². The van der Waals surface area contributed by atoms with Crippen LogP contribution in [0, 0.1) is 0 Å². The van der Waals surface area contributed by atoms with Crippen molar-refractivity contribution >= 4 is 62.3 Å². The van der Waals surface area contributed by atoms with Crippen LogP contribution in [0.25, 0.3) is 0 Å². The zero-order chi connectivity index (χ0) is 33.7. The molecule has 0 fully saturated rings. The van der Waals surface area contributed by atoms with E-state index in [-0.39, 0.29) is 38.7 Å². The summed E-state index contributed by atoms with van der Waals surface area (Å²) >= 11 is 18.8. The topological polar surface area (TPSA) is 114 Å². The van der Waals surface area contributed by atoms with Crippen molar-refractivity contribution in [2.24, 2.45) is 0 Å². The molecular weight excluding hydrogens is 665 g/mol. The molecule has 0 radical (unpaired) electrons. The van der Waals surface area contributed by atoms with Gasteiger partial charge >= 0.3 is 0 Å². The van der Waals surface area contributed by atoms with Crippen molar-refractivity contribution in [1.29, 1.82) is 0 Å². The smallest absolute Gasteiger partial charge is 0.265 e. The highest BCUT2D eigenvalue weighted by Gasteiger charge is 2.35. The highest BCUT2D eigenvalue weighted by molar-refractivity contribution is 7.92. The van der Waals surface area contributed by atoms with Gasteiger partial charge in [0.1, 0.15) is 18.3 Å². The van der Waals surface area contributed by atoms with Gasteiger partial charge in [0.05, 0.1) is 31.9 Å². The van der Waals surface area contributed by atoms with Crippen molar-refractivity contribution in [1.82, 2.24) is 10.2 Å². The number of ether oxygens (including phenoxy) is 3. The molecule has 14 heteroatoms. The van der Waals surface area contributed by atoms with Crippen LogP contribution in [0.2, 0.25) is 15.1 Å². The van der Waals surface area contributed by atoms with E-state index >= 15 is 0 Å². The van der Waals surface area contributed by atoms with Gasteiger partial charge in [-0.3, -0.25) is 13.9 Å². The number of hydrogen-bond acceptors (Lipinski definition) is 7. The van der Waals surface area contributed by atoms with Crippen molar-refractivity contribution in [3.63, 3.8) is 0 Å². The molecule has 244 valence electrons. The quantitative estimate of drug-likeness (QED) is 0.239. The summed E-state index contributed by atoms with van der Waals surface area (Å²) in [5.74, 6) is -0.542. The van der Waals surface area contributed by atoms with Crippen LogP contribution in [0.4, 0.5) is 5.69 Å². The van der Waals surface area contributed by atoms with Crippen molar-refractivity contribution in [3.8, 4) is 17.2 Å². The van der Waals surface area contributed by atoms with Crippen LogP contribution < -0.4 is 23.8 Å². The minimum absolute atomic E-state index is 0.00408. The Hall–Kier alpha value is -3.38. The first-order chi connectivity index (χ1) is 21.0. The highest BCUT2D eigenvalue weighted by Crippen LogP contribution is 2.37. The number of halogens is 3. The standard InChI is InChI=1S/C31H36Cl3N3O7S/c1-19(30(39)35-31(2,3)4)36(17-20-8-9-21(32)14-24(20)34)29(38)18-37(25-15-22(33)10-12-26(25)42-5)45(40,41)23-11-13-27(43-6)28(16-23)44-7/h8-16,19H,17-18H2,1-7H3,(H,35,39)/t19-/m0/s1. The van der Waals surface area contributed by atoms with Gasteiger partial charge in [0, 0.05) is 33.2 Å². The number of carbonyl (C=O) groups is 2. The van der Waals surface area contributed by atoms with Crippen LogP contribution in [0.1, 0.15) is 33.3 Å². The largest absolute Gasteiger partial charge is 0.495 e. The molecule has 0 spiro atoms. The van der Waals surface area contributed by atoms with Crippen LogP contribution >= 0.6 is 34.8 Å². The number of benzene rings is 3. The maximum Gasteiger partial charge on any atom is 0.265 e. The zero-order valence-electron chi connectivity index (χ0n) is 26.0. The van der Waals surface area contributed by atoms with Gasteiger partial charge in [-0.1, -0.05) is 40.9 Å². The van der Waals surface area contributed by atoms with E-state index in [1.807, 2.05) is 20.8 Å². The molecule has 0 aliphatic rings. The molecule has 3 aromatic rings. The third-order valence-corrected chi connectivity index (χ3v) is 9.23. The molecule has 0 bridgehead atoms. The lowest BCUT2D eigenvalue weighted by atomic mass is 10.1. The Morgan fingerprint density at radius 1 is 0.844 bits per heavy atom. The molecule has 0 aliphatic carbocycles. The van der Waals surface area contributed by atoms with Gasteiger partial charge < -0.3 is 24.4 Å². The fraction of sp³-hybridized carbons (Fsp3) is 0.355. The first-order valence-electron chi connectivity index (χ1n) is 13.7. The zero-order valence-corrected chi connectivity index (χ0v) is 29.1. The lowest BCUT2D eigenvalue weighted by Gasteiger charge is -2.34. The minimum atomic E-state index is -4.48. The van der Waals surface area contributed by atoms with E-state index in [2.05, 4.69) is 5.32 Å². The number of carbonyl (C=O) groups excluding carboxylic acids is 2. The second kappa shape index (κ2) is 14.8. The SMILES string of the molecule is COc1ccc(S(=O)(=O)N(CC(=O)N(Cc2ccc(Cl)cc2Cl)[C@@H](C)C(=O)NC(C)(C)C)c2cc(Cl)ccc2OC)cc1OC. The fourth-order valence-electron chi connectivity index (χ4n) is 4.37. The summed E-state index contributed by atoms with van der Waals surface area (Å²) in [5.41, 5.74) is -0.0987. The Bertz CT molecular complexity index is 1660. The third kappa shape index (κ3) is 8.88. The van der Waals surface area contributed by atoms with E-state index < -0.39 is 40.0 Å². The highest BCUT2D eigenvalue weighted by atomic mass is 35.5. The molecule has 1 N–H and O–H groups in total. The van der Waals surface area contributed by atoms with Crippen LogP contribution in [0.15, 0.2) is 59.5 Å². The van der Waals surface area contributed by atoms with Crippen LogP contribution in [-0.2, 0) is 26.2 Å². The molecule has 45 heavy (non-hydrogen) atoms. The van der Waals surface area contributed by atoms with Gasteiger partial charge in [0.15, 0.2) is 11.5 Å². The Morgan fingerprint density at radius 2 is 1.42 bits per heavy atom. The average molecular weight is 701 g/mol. The average Bonchev–Trinajstić information content (AvgIpc) is 2.97. The number of nitrogens with zero attached hydrogens (tertiary/aromatic N) is 2. The van der Waals surface area contributed by atoms with Gasteiger partial charge in [0.25, 0.3) is 10.0 Å². The maximum atomic E-state index is 14.3. The Morgan fingerprint density at radius 3 is 2.00 bits per heavy atom. The second-order valence-electron chi connectivity index (χ2n) is 11.0. The van der Waals surface area contributed by atoms with Gasteiger partial charge in [0.2, 0.25) is 11.8 Å². The number of anilines is 1. The Kier molecular flexibility index (Phi) is 11.9. The van der Waals surface area contributed by atoms with Gasteiger partial charge in [-0.25, -0.2) is 8.42 Å². The minimum Gasteiger partial charge on any atom is -0.495 e. The molecule has 0 aromatic heterocycles. The molecule has 10 nitrogen and oxygen atoms in total. The molecule has 0 heterocycles. The lowest BCUT2D eigenvalue weighted by Crippen LogP contribution is -2.54. The van der Waals surface area contributed by atoms with Crippen molar-refractivity contribution in [2.75, 3.05) is 32.2 Å². The molecule has 0 saturated carbocycles. The van der Waals surface area contributed by atoms with E-state index in [9.17, 15) is 18.0 Å². The van der Waals surface area contributed by atoms with Crippen molar-refractivity contribution < 1.29 is 32.2 Å². The second-order valence-corrected chi connectivity index (χ2v) is 14.2. The summed E-state index contributed by atoms with van der Waals surface area (Å²) in [6.07, 6.45) is 0. The number of methoxy groups -OCH3 is 3. The summed E-state index contributed by atoms with van der Waals surface area (Å²) in [6, 6.07) is 12.2. The number of nitrogens with one attached hydrogen (secondary N) is 1. The van der Waals surface area contributed by atoms with E-state index in [1.165, 1.54) is 68.7 Å². The molecule has 1 atom stereocenters. The molecule has 0 saturated heterocycles. The summed E-state index contributed by atoms with van der Waals surface area (Å²) in [6.45, 7) is 6.13. The van der Waals surface area contributed by atoms with Gasteiger partial charge in [-0.2, -0.15) is 0 Å². The first-order valence-corrected chi connectivity index (χ1v) is 16.2. The van der Waals surface area contributed by atoms with Crippen LogP contribution in [0.3, 0.4) is 0 Å². The molecule has 3 rings (SSSR count). The Labute approximate surface area is 279 Å². The fourth-order valence-corrected chi connectivity index (χ4v) is 6.43. The van der Waals surface area contributed by atoms with E-state index in [4.69, 9.17) is 49.0 Å². The first kappa shape index (κ1) is 36.1. The maximum absolute atomic E-state index is 14.3. The number of hydrogen-bond donors (Lipinski definition) is 1. The van der Waals surface area contributed by atoms with E-state index in [0.29, 0.717) is 16.3 Å². The molecule has 0 unspecified atom stereocenters. The molecule has 0 aliphatic heterocycles. The number of rotatable bonds is 12. The van der Waals surface area contributed by atoms with Gasteiger partial charge in [-0.15, -0.1) is 0 Å². The van der Waals surface area contributed by atoms with E-state index in [0.717, 1.165) is 4.31 Å². The van der Waals surface area contributed by atoms with Crippen molar-refractivity contribution in [3.05, 3.63) is 75.2 Å². The van der Waals surface area contributed by atoms with Gasteiger partial charge in [-0.05, 0) is 75.7 Å². The summed E-state index contributed by atoms with van der Waals surface area (Å²) < 4.78 is 45.6. The predicted molar refractivity (Wildman–Crippen MR) is 176 cm³/mol. The summed E-state index contributed by atoms with van der Waals surface area (Å²) in [7, 11) is -0.322. The molecule has 3 aromatic carbocycles. The predicted octanol–water partition coefficient (Wildman–Crippen LogP) is 6.20. The van der Waals surface area contributed by atoms with Crippen LogP contribution in [0.5, 0.6) is 17.2 Å². The Balaban J connectivity index is 2.18. The molecule has 2 amide bonds. The monoisotopic (exact) mass is 699 g/mol. The lowest BCUT2D eigenvalue weighted by molar-refractivity contribution is -0.140. The van der Waals surface area contributed by atoms with Crippen molar-refractivity contribution in [2.45, 2.75) is 50.7 Å². The third-order valence-electron chi connectivity index (χ3n) is 6.65. The van der Waals surface area contributed by atoms with Crippen LogP contribution in [-0.4, -0.2) is 64.6 Å².